The maximum atomic E-state index is 12.8. The molecule has 9 heteroatoms. The number of methoxy groups -OCH3 is 1. The highest BCUT2D eigenvalue weighted by Gasteiger charge is 2.25. The Balaban J connectivity index is 1.58. The Bertz CT molecular complexity index is 1030. The van der Waals surface area contributed by atoms with Crippen molar-refractivity contribution in [2.45, 2.75) is 26.8 Å². The van der Waals surface area contributed by atoms with Crippen LogP contribution in [0.2, 0.25) is 5.02 Å². The Labute approximate surface area is 199 Å². The Hall–Kier alpha value is -2.86. The van der Waals surface area contributed by atoms with Gasteiger partial charge >= 0.3 is 0 Å². The lowest BCUT2D eigenvalue weighted by Gasteiger charge is -2.34. The molecular formula is C24H30ClN5O3. The molecule has 2 amide bonds. The number of nitrogens with zero attached hydrogens (tertiary/aromatic N) is 4. The quantitative estimate of drug-likeness (QED) is 0.597. The lowest BCUT2D eigenvalue weighted by molar-refractivity contribution is -0.117. The summed E-state index contributed by atoms with van der Waals surface area (Å²) in [5, 5.41) is 13.2. The number of benzene rings is 1. The summed E-state index contributed by atoms with van der Waals surface area (Å²) in [6, 6.07) is 9.09. The number of carbonyl (C=O) groups is 2. The summed E-state index contributed by atoms with van der Waals surface area (Å²) in [5.74, 6) is 0.342. The van der Waals surface area contributed by atoms with Crippen LogP contribution in [-0.2, 0) is 16.1 Å². The molecular weight excluding hydrogens is 442 g/mol. The number of halogens is 1. The zero-order valence-corrected chi connectivity index (χ0v) is 20.1. The van der Waals surface area contributed by atoms with Gasteiger partial charge < -0.3 is 19.5 Å². The number of nitrogens with one attached hydrogen (secondary N) is 1. The lowest BCUT2D eigenvalue weighted by atomic mass is 10.2. The van der Waals surface area contributed by atoms with Gasteiger partial charge in [-0.1, -0.05) is 11.6 Å². The van der Waals surface area contributed by atoms with Crippen molar-refractivity contribution in [1.82, 2.24) is 14.4 Å². The number of hydrogen-bond donors (Lipinski definition) is 1. The van der Waals surface area contributed by atoms with E-state index >= 15 is 0 Å². The predicted molar refractivity (Wildman–Crippen MR) is 128 cm³/mol. The molecule has 1 aromatic carbocycles. The van der Waals surface area contributed by atoms with Gasteiger partial charge in [0.05, 0.1) is 12.1 Å². The molecule has 3 rings (SSSR count). The molecule has 0 radical (unpaired) electrons. The monoisotopic (exact) mass is 471 g/mol. The molecule has 8 nitrogen and oxygen atoms in total. The number of ether oxygens (including phenoxy) is 1. The Kier molecular flexibility index (Phi) is 8.50. The number of carbonyl (C=O) groups excluding carboxylic acids is 2. The van der Waals surface area contributed by atoms with Gasteiger partial charge in [0.1, 0.15) is 11.9 Å². The second-order valence-corrected chi connectivity index (χ2v) is 8.60. The summed E-state index contributed by atoms with van der Waals surface area (Å²) >= 11 is 5.90. The normalized spacial score (nSPS) is 14.2. The summed E-state index contributed by atoms with van der Waals surface area (Å²) in [6.07, 6.45) is 0.781. The van der Waals surface area contributed by atoms with Crippen molar-refractivity contribution in [3.05, 3.63) is 51.7 Å². The third-order valence-electron chi connectivity index (χ3n) is 6.05. The van der Waals surface area contributed by atoms with E-state index in [1.165, 1.54) is 0 Å². The lowest BCUT2D eigenvalue weighted by Crippen LogP contribution is -2.50. The zero-order chi connectivity index (χ0) is 24.0. The highest BCUT2D eigenvalue weighted by molar-refractivity contribution is 6.30. The van der Waals surface area contributed by atoms with Crippen LogP contribution in [0.5, 0.6) is 0 Å². The van der Waals surface area contributed by atoms with Gasteiger partial charge in [-0.25, -0.2) is 0 Å². The second-order valence-electron chi connectivity index (χ2n) is 8.17. The second kappa shape index (κ2) is 11.3. The van der Waals surface area contributed by atoms with Gasteiger partial charge in [-0.15, -0.1) is 0 Å². The fraction of sp³-hybridized carbons (Fsp3) is 0.458. The predicted octanol–water partition coefficient (Wildman–Crippen LogP) is 3.06. The summed E-state index contributed by atoms with van der Waals surface area (Å²) in [5.41, 5.74) is 2.94. The third-order valence-corrected chi connectivity index (χ3v) is 6.30. The topological polar surface area (TPSA) is 90.6 Å². The molecule has 1 saturated heterocycles. The fourth-order valence-corrected chi connectivity index (χ4v) is 4.16. The van der Waals surface area contributed by atoms with Crippen LogP contribution in [0, 0.1) is 25.2 Å². The number of piperazine rings is 1. The molecule has 1 aliphatic rings. The highest BCUT2D eigenvalue weighted by Crippen LogP contribution is 2.26. The minimum Gasteiger partial charge on any atom is -0.385 e. The molecule has 33 heavy (non-hydrogen) atoms. The average molecular weight is 472 g/mol. The van der Waals surface area contributed by atoms with Crippen molar-refractivity contribution in [1.29, 1.82) is 5.26 Å². The fourth-order valence-electron chi connectivity index (χ4n) is 4.04. The molecule has 0 atom stereocenters. The van der Waals surface area contributed by atoms with E-state index in [9.17, 15) is 14.9 Å². The first-order chi connectivity index (χ1) is 15.8. The van der Waals surface area contributed by atoms with Crippen LogP contribution in [0.25, 0.3) is 0 Å². The number of rotatable bonds is 8. The summed E-state index contributed by atoms with van der Waals surface area (Å²) in [6.45, 7) is 7.61. The van der Waals surface area contributed by atoms with Crippen molar-refractivity contribution in [2.75, 3.05) is 51.8 Å². The Morgan fingerprint density at radius 1 is 1.15 bits per heavy atom. The maximum absolute atomic E-state index is 12.8. The van der Waals surface area contributed by atoms with Crippen LogP contribution in [0.3, 0.4) is 0 Å². The minimum absolute atomic E-state index is 0.0331. The molecule has 1 fully saturated rings. The Morgan fingerprint density at radius 3 is 2.42 bits per heavy atom. The first-order valence-electron chi connectivity index (χ1n) is 11.0. The molecule has 1 N–H and O–H groups in total. The van der Waals surface area contributed by atoms with Crippen molar-refractivity contribution in [3.63, 3.8) is 0 Å². The molecule has 0 saturated carbocycles. The van der Waals surface area contributed by atoms with Gasteiger partial charge in [-0.3, -0.25) is 14.5 Å². The first-order valence-corrected chi connectivity index (χ1v) is 11.4. The molecule has 0 spiro atoms. The number of amides is 2. The van der Waals surface area contributed by atoms with E-state index < -0.39 is 0 Å². The minimum atomic E-state index is -0.172. The molecule has 0 aliphatic carbocycles. The van der Waals surface area contributed by atoms with Gasteiger partial charge in [-0.2, -0.15) is 5.26 Å². The van der Waals surface area contributed by atoms with Crippen LogP contribution in [0.15, 0.2) is 24.3 Å². The summed E-state index contributed by atoms with van der Waals surface area (Å²) < 4.78 is 7.12. The highest BCUT2D eigenvalue weighted by atomic mass is 35.5. The SMILES string of the molecule is COCCCn1c(C)c(C)c(C#N)c1NC(=O)CN1CCN(C(=O)c2ccc(Cl)cc2)CC1. The number of aromatic nitrogens is 1. The van der Waals surface area contributed by atoms with Crippen LogP contribution < -0.4 is 5.32 Å². The van der Waals surface area contributed by atoms with Crippen LogP contribution in [-0.4, -0.2) is 72.6 Å². The van der Waals surface area contributed by atoms with Crippen molar-refractivity contribution >= 4 is 29.2 Å². The van der Waals surface area contributed by atoms with Gasteiger partial charge in [0.25, 0.3) is 5.91 Å². The number of nitriles is 1. The molecule has 176 valence electrons. The van der Waals surface area contributed by atoms with Crippen LogP contribution in [0.4, 0.5) is 5.82 Å². The molecule has 1 aliphatic heterocycles. The van der Waals surface area contributed by atoms with E-state index in [0.717, 1.165) is 17.7 Å². The van der Waals surface area contributed by atoms with Crippen molar-refractivity contribution < 1.29 is 14.3 Å². The van der Waals surface area contributed by atoms with Gasteiger partial charge in [0, 0.05) is 62.7 Å². The number of hydrogen-bond acceptors (Lipinski definition) is 5. The van der Waals surface area contributed by atoms with E-state index in [1.807, 2.05) is 23.3 Å². The molecule has 0 bridgehead atoms. The van der Waals surface area contributed by atoms with E-state index in [0.29, 0.717) is 61.3 Å². The molecule has 1 aromatic heterocycles. The van der Waals surface area contributed by atoms with E-state index in [2.05, 4.69) is 11.4 Å². The maximum Gasteiger partial charge on any atom is 0.253 e. The summed E-state index contributed by atoms with van der Waals surface area (Å²) in [4.78, 5) is 29.3. The largest absolute Gasteiger partial charge is 0.385 e. The summed E-state index contributed by atoms with van der Waals surface area (Å²) in [7, 11) is 1.65. The standard InChI is InChI=1S/C24H30ClN5O3/c1-17-18(2)30(9-4-14-33-3)23(21(17)15-26)27-22(31)16-28-10-12-29(13-11-28)24(32)19-5-7-20(25)8-6-19/h5-8H,4,9-14,16H2,1-3H3,(H,27,31). The van der Waals surface area contributed by atoms with Crippen molar-refractivity contribution in [2.24, 2.45) is 0 Å². The molecule has 0 unspecified atom stereocenters. The van der Waals surface area contributed by atoms with Gasteiger partial charge in [0.15, 0.2) is 0 Å². The number of anilines is 1. The zero-order valence-electron chi connectivity index (χ0n) is 19.4. The van der Waals surface area contributed by atoms with Crippen LogP contribution >= 0.6 is 11.6 Å². The van der Waals surface area contributed by atoms with Gasteiger partial charge in [-0.05, 0) is 50.1 Å². The first kappa shape index (κ1) is 24.8. The smallest absolute Gasteiger partial charge is 0.253 e. The van der Waals surface area contributed by atoms with Crippen LogP contribution in [0.1, 0.15) is 33.6 Å². The molecule has 2 heterocycles. The third kappa shape index (κ3) is 5.93. The van der Waals surface area contributed by atoms with E-state index in [4.69, 9.17) is 16.3 Å². The van der Waals surface area contributed by atoms with E-state index in [1.54, 1.807) is 36.3 Å². The van der Waals surface area contributed by atoms with E-state index in [-0.39, 0.29) is 18.4 Å². The average Bonchev–Trinajstić information content (AvgIpc) is 3.03. The Morgan fingerprint density at radius 2 is 1.82 bits per heavy atom. The van der Waals surface area contributed by atoms with Gasteiger partial charge in [0.2, 0.25) is 5.91 Å². The molecule has 2 aromatic rings. The van der Waals surface area contributed by atoms with Crippen molar-refractivity contribution in [3.8, 4) is 6.07 Å².